The van der Waals surface area contributed by atoms with Gasteiger partial charge in [0, 0.05) is 32.0 Å². The molecule has 2 rings (SSSR count). The number of nitrogens with two attached hydrogens (primary N) is 1. The molecular weight excluding hydrogens is 655 g/mol. The maximum absolute atomic E-state index is 13.8. The number of carbonyl (C=O) groups excluding carboxylic acids is 4. The summed E-state index contributed by atoms with van der Waals surface area (Å²) >= 11 is 0. The van der Waals surface area contributed by atoms with Gasteiger partial charge in [0.25, 0.3) is 10.0 Å². The fourth-order valence-electron chi connectivity index (χ4n) is 5.48. The molecule has 1 fully saturated rings. The molecule has 0 unspecified atom stereocenters. The zero-order valence-corrected chi connectivity index (χ0v) is 29.7. The SMILES string of the molecule is CO[C@H]([C@@H](C)C(=O)NS(=O)(=O)c1ccc(NC(=O)C(F)(F)F)cc1)[C@@H]1CCCN1C(=O)/C(C)=C/[C@H](C(C)C)N(C)C(=O)[C@@H](N)C(C)(C)C. The highest BCUT2D eigenvalue weighted by atomic mass is 32.2. The van der Waals surface area contributed by atoms with Crippen LogP contribution >= 0.6 is 0 Å². The Kier molecular flexibility index (Phi) is 13.4. The van der Waals surface area contributed by atoms with Crippen LogP contribution in [0.25, 0.3) is 0 Å². The number of anilines is 1. The number of hydrogen-bond acceptors (Lipinski definition) is 8. The number of rotatable bonds is 12. The number of likely N-dealkylation sites (N-methyl/N-ethyl adjacent to an activating group) is 1. The molecule has 270 valence electrons. The molecule has 0 saturated carbocycles. The molecule has 1 aliphatic heterocycles. The summed E-state index contributed by atoms with van der Waals surface area (Å²) in [6.45, 7) is 13.0. The van der Waals surface area contributed by atoms with Crippen molar-refractivity contribution in [2.75, 3.05) is 26.0 Å². The zero-order chi connectivity index (χ0) is 36.9. The van der Waals surface area contributed by atoms with Gasteiger partial charge in [0.05, 0.1) is 35.0 Å². The zero-order valence-electron chi connectivity index (χ0n) is 28.8. The minimum Gasteiger partial charge on any atom is -0.378 e. The van der Waals surface area contributed by atoms with E-state index in [1.165, 1.54) is 14.0 Å². The molecule has 1 aromatic rings. The van der Waals surface area contributed by atoms with Crippen LogP contribution in [-0.4, -0.2) is 93.0 Å². The van der Waals surface area contributed by atoms with E-state index in [0.29, 0.717) is 25.0 Å². The van der Waals surface area contributed by atoms with Gasteiger partial charge in [0.1, 0.15) is 0 Å². The highest BCUT2D eigenvalue weighted by Gasteiger charge is 2.42. The molecule has 1 aliphatic rings. The summed E-state index contributed by atoms with van der Waals surface area (Å²) in [4.78, 5) is 54.0. The van der Waals surface area contributed by atoms with E-state index in [1.54, 1.807) is 35.2 Å². The second-order valence-corrected chi connectivity index (χ2v) is 15.2. The second kappa shape index (κ2) is 15.8. The van der Waals surface area contributed by atoms with Crippen LogP contribution in [0.4, 0.5) is 18.9 Å². The number of amides is 4. The van der Waals surface area contributed by atoms with Gasteiger partial charge in [-0.3, -0.25) is 19.2 Å². The molecule has 48 heavy (non-hydrogen) atoms. The van der Waals surface area contributed by atoms with Crippen LogP contribution in [0.2, 0.25) is 0 Å². The molecule has 4 N–H and O–H groups in total. The van der Waals surface area contributed by atoms with Crippen molar-refractivity contribution >= 4 is 39.3 Å². The lowest BCUT2D eigenvalue weighted by atomic mass is 9.86. The smallest absolute Gasteiger partial charge is 0.378 e. The van der Waals surface area contributed by atoms with E-state index in [-0.39, 0.29) is 23.4 Å². The first-order valence-corrected chi connectivity index (χ1v) is 17.0. The number of likely N-dealkylation sites (tertiary alicyclic amines) is 1. The van der Waals surface area contributed by atoms with Gasteiger partial charge in [0.2, 0.25) is 17.7 Å². The number of benzene rings is 1. The number of hydrogen-bond donors (Lipinski definition) is 3. The number of methoxy groups -OCH3 is 1. The van der Waals surface area contributed by atoms with Gasteiger partial charge in [-0.15, -0.1) is 0 Å². The summed E-state index contributed by atoms with van der Waals surface area (Å²) in [7, 11) is -1.45. The number of ether oxygens (including phenoxy) is 1. The quantitative estimate of drug-likeness (QED) is 0.279. The fourth-order valence-corrected chi connectivity index (χ4v) is 6.54. The lowest BCUT2D eigenvalue weighted by Crippen LogP contribution is -2.53. The maximum Gasteiger partial charge on any atom is 0.471 e. The Labute approximate surface area is 280 Å². The van der Waals surface area contributed by atoms with E-state index < -0.39 is 68.5 Å². The average Bonchev–Trinajstić information content (AvgIpc) is 3.46. The average molecular weight is 704 g/mol. The number of carbonyl (C=O) groups is 4. The molecule has 1 saturated heterocycles. The van der Waals surface area contributed by atoms with Crippen LogP contribution in [0, 0.1) is 17.3 Å². The second-order valence-electron chi connectivity index (χ2n) is 13.5. The molecule has 0 radical (unpaired) electrons. The first kappa shape index (κ1) is 40.7. The van der Waals surface area contributed by atoms with Crippen molar-refractivity contribution < 1.29 is 45.5 Å². The molecule has 1 heterocycles. The van der Waals surface area contributed by atoms with Crippen molar-refractivity contribution in [1.82, 2.24) is 14.5 Å². The highest BCUT2D eigenvalue weighted by Crippen LogP contribution is 2.29. The molecular formula is C32H48F3N5O7S. The van der Waals surface area contributed by atoms with Crippen LogP contribution in [-0.2, 0) is 33.9 Å². The number of sulfonamides is 1. The minimum atomic E-state index is -5.13. The van der Waals surface area contributed by atoms with E-state index in [1.807, 2.05) is 39.3 Å². The summed E-state index contributed by atoms with van der Waals surface area (Å²) in [5.74, 6) is -4.81. The monoisotopic (exact) mass is 703 g/mol. The van der Waals surface area contributed by atoms with Crippen LogP contribution < -0.4 is 15.8 Å². The van der Waals surface area contributed by atoms with Crippen molar-refractivity contribution in [1.29, 1.82) is 0 Å². The summed E-state index contributed by atoms with van der Waals surface area (Å²) in [6, 6.07) is 2.05. The van der Waals surface area contributed by atoms with Crippen molar-refractivity contribution in [2.24, 2.45) is 23.0 Å². The highest BCUT2D eigenvalue weighted by molar-refractivity contribution is 7.90. The third kappa shape index (κ3) is 10.0. The van der Waals surface area contributed by atoms with Crippen molar-refractivity contribution in [3.8, 4) is 0 Å². The fraction of sp³-hybridized carbons (Fsp3) is 0.625. The first-order chi connectivity index (χ1) is 21.9. The topological polar surface area (TPSA) is 168 Å². The molecule has 0 aliphatic carbocycles. The van der Waals surface area contributed by atoms with Gasteiger partial charge in [-0.1, -0.05) is 47.6 Å². The lowest BCUT2D eigenvalue weighted by Gasteiger charge is -2.36. The number of halogens is 3. The van der Waals surface area contributed by atoms with Crippen LogP contribution in [0.15, 0.2) is 40.8 Å². The summed E-state index contributed by atoms with van der Waals surface area (Å²) < 4.78 is 71.1. The van der Waals surface area contributed by atoms with E-state index >= 15 is 0 Å². The third-order valence-corrected chi connectivity index (χ3v) is 9.83. The van der Waals surface area contributed by atoms with Crippen molar-refractivity contribution in [2.45, 2.75) is 96.6 Å². The van der Waals surface area contributed by atoms with Gasteiger partial charge in [-0.25, -0.2) is 13.1 Å². The van der Waals surface area contributed by atoms with E-state index in [2.05, 4.69) is 0 Å². The molecule has 0 aromatic heterocycles. The Balaban J connectivity index is 2.22. The molecule has 1 aromatic carbocycles. The van der Waals surface area contributed by atoms with Gasteiger partial charge in [-0.05, 0) is 55.4 Å². The Bertz CT molecular complexity index is 1470. The standard InChI is InChI=1S/C32H48F3N5O7S/c1-18(2)24(39(8)29(43)26(36)31(5,6)7)17-19(3)28(42)40-16-10-11-23(40)25(47-9)20(4)27(41)38-48(45,46)22-14-12-21(13-15-22)37-30(44)32(33,34)35/h12-15,17-18,20,23-26H,10-11,16,36H2,1-9H3,(H,37,44)(H,38,41)/b19-17+/t20-,23+,24-,25-,26-/m1/s1. The maximum atomic E-state index is 13.8. The van der Waals surface area contributed by atoms with Crippen molar-refractivity contribution in [3.63, 3.8) is 0 Å². The molecule has 12 nitrogen and oxygen atoms in total. The lowest BCUT2D eigenvalue weighted by molar-refractivity contribution is -0.167. The molecule has 0 spiro atoms. The number of alkyl halides is 3. The van der Waals surface area contributed by atoms with Gasteiger partial charge in [-0.2, -0.15) is 13.2 Å². The summed E-state index contributed by atoms with van der Waals surface area (Å²) in [5, 5.41) is 1.61. The molecule has 0 bridgehead atoms. The largest absolute Gasteiger partial charge is 0.471 e. The number of nitrogens with one attached hydrogen (secondary N) is 2. The minimum absolute atomic E-state index is 0.0459. The molecule has 4 amide bonds. The molecule has 5 atom stereocenters. The summed E-state index contributed by atoms with van der Waals surface area (Å²) in [5.41, 5.74) is 5.85. The van der Waals surface area contributed by atoms with Crippen LogP contribution in [0.3, 0.4) is 0 Å². The van der Waals surface area contributed by atoms with Gasteiger partial charge in [0.15, 0.2) is 0 Å². The van der Waals surface area contributed by atoms with E-state index in [0.717, 1.165) is 24.3 Å². The normalized spacial score (nSPS) is 18.6. The van der Waals surface area contributed by atoms with E-state index in [9.17, 15) is 40.8 Å². The van der Waals surface area contributed by atoms with Gasteiger partial charge >= 0.3 is 12.1 Å². The Hall–Kier alpha value is -3.50. The first-order valence-electron chi connectivity index (χ1n) is 15.5. The van der Waals surface area contributed by atoms with Crippen LogP contribution in [0.1, 0.15) is 61.3 Å². The Morgan fingerprint density at radius 3 is 2.12 bits per heavy atom. The predicted molar refractivity (Wildman–Crippen MR) is 174 cm³/mol. The van der Waals surface area contributed by atoms with Crippen molar-refractivity contribution in [3.05, 3.63) is 35.9 Å². The third-order valence-electron chi connectivity index (χ3n) is 8.47. The van der Waals surface area contributed by atoms with Crippen LogP contribution in [0.5, 0.6) is 0 Å². The Morgan fingerprint density at radius 1 is 1.08 bits per heavy atom. The Morgan fingerprint density at radius 2 is 1.65 bits per heavy atom. The van der Waals surface area contributed by atoms with Gasteiger partial charge < -0.3 is 25.6 Å². The predicted octanol–water partition coefficient (Wildman–Crippen LogP) is 3.44. The van der Waals surface area contributed by atoms with E-state index in [4.69, 9.17) is 10.5 Å². The molecule has 16 heteroatoms. The summed E-state index contributed by atoms with van der Waals surface area (Å²) in [6.07, 6.45) is -3.19. The number of nitrogens with zero attached hydrogens (tertiary/aromatic N) is 2.